The quantitative estimate of drug-likeness (QED) is 0.0146. The number of carbonyl (C=O) groups is 3. The van der Waals surface area contributed by atoms with Crippen molar-refractivity contribution in [3.63, 3.8) is 0 Å². The number of ether oxygens (including phenoxy) is 3. The number of aliphatic hydroxyl groups is 2. The van der Waals surface area contributed by atoms with Crippen LogP contribution in [0.1, 0.15) is 239 Å². The minimum Gasteiger partial charge on any atom is -0.463 e. The number of aliphatic hydroxyl groups excluding tert-OH is 2. The fraction of sp³-hybridized carbons (Fsp3) is 0.667. The maximum absolute atomic E-state index is 12.9. The smallest absolute Gasteiger partial charge is 0.463 e. The van der Waals surface area contributed by atoms with Crippen LogP contribution in [-0.2, 0) is 55.8 Å². The zero-order valence-electron chi connectivity index (χ0n) is 53.6. The largest absolute Gasteiger partial charge is 0.472 e. The van der Waals surface area contributed by atoms with E-state index in [9.17, 15) is 43.5 Å². The van der Waals surface area contributed by atoms with Crippen LogP contribution >= 0.6 is 15.6 Å². The minimum atomic E-state index is -4.93. The Hall–Kier alpha value is -4.05. The van der Waals surface area contributed by atoms with Gasteiger partial charge in [-0.15, -0.1) is 0 Å². The molecule has 0 aromatic heterocycles. The Morgan fingerprint density at radius 3 is 0.966 bits per heavy atom. The Morgan fingerprint density at radius 1 is 0.333 bits per heavy atom. The molecule has 0 rings (SSSR count). The van der Waals surface area contributed by atoms with Gasteiger partial charge in [-0.1, -0.05) is 213 Å². The van der Waals surface area contributed by atoms with E-state index in [1.807, 2.05) is 0 Å². The van der Waals surface area contributed by atoms with Gasteiger partial charge in [0.15, 0.2) is 6.10 Å². The van der Waals surface area contributed by atoms with Gasteiger partial charge in [0.1, 0.15) is 25.4 Å². The summed E-state index contributed by atoms with van der Waals surface area (Å²) in [4.78, 5) is 58.3. The molecule has 0 radical (unpaired) electrons. The molecule has 87 heavy (non-hydrogen) atoms. The highest BCUT2D eigenvalue weighted by Crippen LogP contribution is 2.45. The number of unbranched alkanes of at least 4 members (excludes halogenated alkanes) is 18. The molecule has 0 saturated carbocycles. The number of carbonyl (C=O) groups excluding carboxylic acids is 3. The molecule has 0 aromatic rings. The fourth-order valence-corrected chi connectivity index (χ4v) is 9.75. The third kappa shape index (κ3) is 63.3. The highest BCUT2D eigenvalue weighted by atomic mass is 31.2. The number of esters is 3. The average molecular weight is 1260 g/mol. The van der Waals surface area contributed by atoms with E-state index in [1.54, 1.807) is 0 Å². The topological polar surface area (TPSA) is 231 Å². The number of phosphoric acid groups is 2. The second-order valence-electron chi connectivity index (χ2n) is 21.5. The fourth-order valence-electron chi connectivity index (χ4n) is 8.17. The van der Waals surface area contributed by atoms with Crippen molar-refractivity contribution >= 4 is 33.6 Å². The first-order valence-electron chi connectivity index (χ1n) is 32.8. The van der Waals surface area contributed by atoms with E-state index in [-0.39, 0.29) is 19.3 Å². The van der Waals surface area contributed by atoms with Gasteiger partial charge in [0.25, 0.3) is 0 Å². The van der Waals surface area contributed by atoms with Crippen molar-refractivity contribution in [2.45, 2.75) is 257 Å². The molecule has 0 fully saturated rings. The maximum atomic E-state index is 12.9. The number of allylic oxidation sites excluding steroid dienone is 20. The summed E-state index contributed by atoms with van der Waals surface area (Å²) in [6, 6.07) is 0. The van der Waals surface area contributed by atoms with E-state index in [0.717, 1.165) is 154 Å². The lowest BCUT2D eigenvalue weighted by molar-refractivity contribution is -0.161. The first-order chi connectivity index (χ1) is 42.2. The summed E-state index contributed by atoms with van der Waals surface area (Å²) in [7, 11) is -9.79. The molecule has 498 valence electrons. The molecule has 0 aliphatic carbocycles. The molecular weight excluding hydrogens is 1150 g/mol. The molecule has 4 N–H and O–H groups in total. The van der Waals surface area contributed by atoms with E-state index >= 15 is 0 Å². The van der Waals surface area contributed by atoms with Crippen LogP contribution in [0.15, 0.2) is 122 Å². The summed E-state index contributed by atoms with van der Waals surface area (Å²) in [6.45, 7) is 2.33. The predicted molar refractivity (Wildman–Crippen MR) is 353 cm³/mol. The average Bonchev–Trinajstić information content (AvgIpc) is 3.68. The number of rotatable bonds is 61. The monoisotopic (exact) mass is 1260 g/mol. The summed E-state index contributed by atoms with van der Waals surface area (Å²) in [6.07, 6.45) is 69.7. The van der Waals surface area contributed by atoms with Crippen molar-refractivity contribution in [3.8, 4) is 0 Å². The van der Waals surface area contributed by atoms with E-state index in [2.05, 4.69) is 142 Å². The summed E-state index contributed by atoms with van der Waals surface area (Å²) in [5.74, 6) is -1.64. The van der Waals surface area contributed by atoms with Crippen LogP contribution in [-0.4, -0.2) is 95.9 Å². The molecule has 0 aliphatic heterocycles. The van der Waals surface area contributed by atoms with Gasteiger partial charge in [-0.2, -0.15) is 0 Å². The molecule has 0 amide bonds. The Morgan fingerprint density at radius 2 is 0.609 bits per heavy atom. The van der Waals surface area contributed by atoms with Crippen LogP contribution in [0.5, 0.6) is 0 Å². The van der Waals surface area contributed by atoms with Crippen molar-refractivity contribution in [1.29, 1.82) is 0 Å². The van der Waals surface area contributed by atoms with Gasteiger partial charge in [0, 0.05) is 19.3 Å². The Kier molecular flexibility index (Phi) is 59.3. The van der Waals surface area contributed by atoms with Crippen LogP contribution in [0.3, 0.4) is 0 Å². The lowest BCUT2D eigenvalue weighted by Crippen LogP contribution is -2.30. The van der Waals surface area contributed by atoms with Gasteiger partial charge in [-0.25, -0.2) is 9.13 Å². The van der Waals surface area contributed by atoms with Crippen molar-refractivity contribution in [2.75, 3.05) is 39.6 Å². The Labute approximate surface area is 525 Å². The molecule has 0 bridgehead atoms. The van der Waals surface area contributed by atoms with Gasteiger partial charge in [0.05, 0.1) is 26.4 Å². The van der Waals surface area contributed by atoms with Gasteiger partial charge >= 0.3 is 33.6 Å². The van der Waals surface area contributed by atoms with Crippen LogP contribution in [0.2, 0.25) is 0 Å². The third-order valence-corrected chi connectivity index (χ3v) is 15.1. The highest BCUT2D eigenvalue weighted by Gasteiger charge is 2.29. The maximum Gasteiger partial charge on any atom is 0.472 e. The Balaban J connectivity index is 4.69. The second-order valence-corrected chi connectivity index (χ2v) is 24.4. The first kappa shape index (κ1) is 83.0. The van der Waals surface area contributed by atoms with Crippen LogP contribution in [0.4, 0.5) is 0 Å². The molecule has 0 spiro atoms. The molecule has 0 aromatic carbocycles. The zero-order valence-corrected chi connectivity index (χ0v) is 55.4. The lowest BCUT2D eigenvalue weighted by atomic mass is 10.1. The van der Waals surface area contributed by atoms with Crippen molar-refractivity contribution in [3.05, 3.63) is 122 Å². The van der Waals surface area contributed by atoms with Crippen molar-refractivity contribution in [1.82, 2.24) is 0 Å². The molecule has 5 unspecified atom stereocenters. The number of hydrogen-bond donors (Lipinski definition) is 4. The summed E-state index contributed by atoms with van der Waals surface area (Å²) >= 11 is 0. The van der Waals surface area contributed by atoms with Gasteiger partial charge in [-0.05, 0) is 128 Å². The zero-order chi connectivity index (χ0) is 63.8. The van der Waals surface area contributed by atoms with E-state index in [4.69, 9.17) is 32.3 Å². The van der Waals surface area contributed by atoms with E-state index < -0.39 is 91.5 Å². The third-order valence-electron chi connectivity index (χ3n) is 13.2. The van der Waals surface area contributed by atoms with Crippen LogP contribution in [0, 0.1) is 0 Å². The van der Waals surface area contributed by atoms with E-state index in [0.29, 0.717) is 19.3 Å². The highest BCUT2D eigenvalue weighted by molar-refractivity contribution is 7.47. The lowest BCUT2D eigenvalue weighted by Gasteiger charge is -2.21. The molecule has 0 saturated heterocycles. The van der Waals surface area contributed by atoms with Gasteiger partial charge in [0.2, 0.25) is 0 Å². The van der Waals surface area contributed by atoms with E-state index in [1.165, 1.54) is 25.7 Å². The predicted octanol–water partition coefficient (Wildman–Crippen LogP) is 17.9. The number of phosphoric ester groups is 2. The normalized spacial score (nSPS) is 15.1. The molecule has 18 heteroatoms. The summed E-state index contributed by atoms with van der Waals surface area (Å²) in [5.41, 5.74) is 0. The molecule has 5 atom stereocenters. The standard InChI is InChI=1S/C69H116O16P2/c1-4-7-10-13-16-19-22-25-28-29-30-31-32-33-36-38-40-43-46-49-52-55-67(72)79-58-64(70)59-81-86(75,76)82-60-65(71)61-83-87(77,78)84-63-66(85-69(74)57-54-51-48-45-42-39-35-27-24-21-18-15-12-9-6-3)62-80-68(73)56-53-50-47-44-41-37-34-26-23-20-17-14-11-8-5-2/h8-9,11-12,16-21,25-28,30-31,33-36,64-66,70-71H,4-7,10,13-15,22-24,29,32,37-63H2,1-3H3,(H,75,76)(H,77,78)/b11-8-,12-9-,19-16-,20-17-,21-18-,28-25-,31-30-,34-26-,35-27-,36-33-. The molecular formula is C69H116O16P2. The van der Waals surface area contributed by atoms with Crippen LogP contribution in [0.25, 0.3) is 0 Å². The summed E-state index contributed by atoms with van der Waals surface area (Å²) in [5, 5.41) is 20.5. The van der Waals surface area contributed by atoms with Crippen molar-refractivity contribution in [2.24, 2.45) is 0 Å². The van der Waals surface area contributed by atoms with Crippen LogP contribution < -0.4 is 0 Å². The Bertz CT molecular complexity index is 2070. The summed E-state index contributed by atoms with van der Waals surface area (Å²) < 4.78 is 60.8. The van der Waals surface area contributed by atoms with Crippen molar-refractivity contribution < 1.29 is 75.8 Å². The molecule has 16 nitrogen and oxygen atoms in total. The molecule has 0 aliphatic rings. The van der Waals surface area contributed by atoms with Gasteiger partial charge < -0.3 is 34.2 Å². The SMILES string of the molecule is CC/C=C\C/C=C\C/C=C\CCCCCCCC(=O)OCC(COP(=O)(O)OCC(O)COP(=O)(O)OCC(O)COC(=O)CCCCCCC/C=C\C/C=C\C/C=C\C/C=C\CCCCC)OC(=O)CCCCCCC/C=C\C/C=C\C/C=C\CC. The van der Waals surface area contributed by atoms with Gasteiger partial charge in [-0.3, -0.25) is 32.5 Å². The number of hydrogen-bond acceptors (Lipinski definition) is 14. The minimum absolute atomic E-state index is 0.0772. The first-order valence-corrected chi connectivity index (χ1v) is 35.8. The second kappa shape index (κ2) is 62.2. The molecule has 0 heterocycles.